The van der Waals surface area contributed by atoms with Crippen molar-refractivity contribution in [3.05, 3.63) is 29.6 Å². The first-order valence-corrected chi connectivity index (χ1v) is 6.82. The average molecular weight is 245 g/mol. The quantitative estimate of drug-likeness (QED) is 0.897. The van der Waals surface area contributed by atoms with Crippen LogP contribution in [0.2, 0.25) is 0 Å². The highest BCUT2D eigenvalue weighted by atomic mass is 15.1. The zero-order chi connectivity index (χ0) is 13.3. The van der Waals surface area contributed by atoms with Crippen LogP contribution in [-0.4, -0.2) is 9.55 Å². The maximum atomic E-state index is 6.51. The maximum absolute atomic E-state index is 6.51. The van der Waals surface area contributed by atoms with E-state index in [0.29, 0.717) is 0 Å². The summed E-state index contributed by atoms with van der Waals surface area (Å²) in [6, 6.07) is 6.42. The van der Waals surface area contributed by atoms with Crippen LogP contribution in [0, 0.1) is 6.92 Å². The number of fused-ring (bicyclic) bond motifs is 1. The molecular formula is C15H23N3. The molecule has 0 saturated carbocycles. The molecular weight excluding hydrogens is 222 g/mol. The molecule has 2 N–H and O–H groups in total. The fraction of sp³-hybridized carbons (Fsp3) is 0.533. The average Bonchev–Trinajstić information content (AvgIpc) is 2.75. The Labute approximate surface area is 109 Å². The van der Waals surface area contributed by atoms with Gasteiger partial charge < -0.3 is 10.3 Å². The molecule has 2 aromatic rings. The predicted octanol–water partition coefficient (Wildman–Crippen LogP) is 3.34. The predicted molar refractivity (Wildman–Crippen MR) is 76.6 cm³/mol. The molecule has 1 aromatic heterocycles. The summed E-state index contributed by atoms with van der Waals surface area (Å²) >= 11 is 0. The standard InChI is InChI=1S/C15H23N3/c1-5-15(16,6-2)14-17-12-10-11(4)8-9-13(12)18(14)7-3/h8-10H,5-7,16H2,1-4H3. The van der Waals surface area contributed by atoms with Crippen LogP contribution in [0.15, 0.2) is 18.2 Å². The van der Waals surface area contributed by atoms with Crippen molar-refractivity contribution >= 4 is 11.0 Å². The van der Waals surface area contributed by atoms with Crippen LogP contribution in [0.5, 0.6) is 0 Å². The molecule has 3 nitrogen and oxygen atoms in total. The molecule has 0 aliphatic heterocycles. The van der Waals surface area contributed by atoms with E-state index >= 15 is 0 Å². The number of nitrogens with zero attached hydrogens (tertiary/aromatic N) is 2. The highest BCUT2D eigenvalue weighted by molar-refractivity contribution is 5.77. The lowest BCUT2D eigenvalue weighted by atomic mass is 9.93. The van der Waals surface area contributed by atoms with Crippen molar-refractivity contribution in [1.29, 1.82) is 0 Å². The van der Waals surface area contributed by atoms with E-state index in [-0.39, 0.29) is 5.54 Å². The van der Waals surface area contributed by atoms with Gasteiger partial charge in [0.15, 0.2) is 0 Å². The first kappa shape index (κ1) is 13.1. The Hall–Kier alpha value is -1.35. The third kappa shape index (κ3) is 1.93. The monoisotopic (exact) mass is 245 g/mol. The summed E-state index contributed by atoms with van der Waals surface area (Å²) in [7, 11) is 0. The lowest BCUT2D eigenvalue weighted by molar-refractivity contribution is 0.373. The zero-order valence-corrected chi connectivity index (χ0v) is 11.8. The smallest absolute Gasteiger partial charge is 0.130 e. The van der Waals surface area contributed by atoms with Crippen LogP contribution in [0.4, 0.5) is 0 Å². The zero-order valence-electron chi connectivity index (χ0n) is 11.8. The molecule has 0 radical (unpaired) electrons. The highest BCUT2D eigenvalue weighted by Crippen LogP contribution is 2.28. The fourth-order valence-electron chi connectivity index (χ4n) is 2.51. The third-order valence-corrected chi connectivity index (χ3v) is 3.93. The topological polar surface area (TPSA) is 43.8 Å². The molecule has 1 heterocycles. The number of benzene rings is 1. The van der Waals surface area contributed by atoms with Gasteiger partial charge in [0.1, 0.15) is 5.82 Å². The van der Waals surface area contributed by atoms with E-state index in [9.17, 15) is 0 Å². The van der Waals surface area contributed by atoms with Crippen LogP contribution in [0.3, 0.4) is 0 Å². The largest absolute Gasteiger partial charge is 0.327 e. The van der Waals surface area contributed by atoms with Gasteiger partial charge in [-0.05, 0) is 44.4 Å². The Bertz CT molecular complexity index is 550. The molecule has 0 atom stereocenters. The van der Waals surface area contributed by atoms with E-state index in [1.165, 1.54) is 11.1 Å². The minimum atomic E-state index is -0.317. The summed E-state index contributed by atoms with van der Waals surface area (Å²) in [4.78, 5) is 4.80. The Morgan fingerprint density at radius 2 is 1.89 bits per heavy atom. The first-order chi connectivity index (χ1) is 8.55. The molecule has 0 spiro atoms. The number of nitrogens with two attached hydrogens (primary N) is 1. The van der Waals surface area contributed by atoms with Gasteiger partial charge in [-0.2, -0.15) is 0 Å². The minimum absolute atomic E-state index is 0.317. The van der Waals surface area contributed by atoms with Gasteiger partial charge in [0.2, 0.25) is 0 Å². The summed E-state index contributed by atoms with van der Waals surface area (Å²) in [5.41, 5.74) is 9.69. The summed E-state index contributed by atoms with van der Waals surface area (Å²) in [6.45, 7) is 9.42. The molecule has 0 aliphatic rings. The van der Waals surface area contributed by atoms with E-state index in [2.05, 4.69) is 50.5 Å². The van der Waals surface area contributed by atoms with Crippen LogP contribution in [0.1, 0.15) is 45.0 Å². The van der Waals surface area contributed by atoms with Crippen LogP contribution < -0.4 is 5.73 Å². The van der Waals surface area contributed by atoms with Crippen molar-refractivity contribution in [2.24, 2.45) is 5.73 Å². The van der Waals surface area contributed by atoms with Crippen molar-refractivity contribution in [3.8, 4) is 0 Å². The first-order valence-electron chi connectivity index (χ1n) is 6.82. The van der Waals surface area contributed by atoms with Gasteiger partial charge in [0.05, 0.1) is 16.6 Å². The Balaban J connectivity index is 2.71. The second-order valence-corrected chi connectivity index (χ2v) is 5.04. The molecule has 98 valence electrons. The van der Waals surface area contributed by atoms with Crippen molar-refractivity contribution in [2.45, 2.75) is 52.6 Å². The minimum Gasteiger partial charge on any atom is -0.327 e. The van der Waals surface area contributed by atoms with Crippen molar-refractivity contribution in [3.63, 3.8) is 0 Å². The molecule has 0 aliphatic carbocycles. The molecule has 0 amide bonds. The Kier molecular flexibility index (Phi) is 3.44. The van der Waals surface area contributed by atoms with Gasteiger partial charge in [0, 0.05) is 6.54 Å². The van der Waals surface area contributed by atoms with Crippen molar-refractivity contribution in [2.75, 3.05) is 0 Å². The van der Waals surface area contributed by atoms with Gasteiger partial charge in [-0.3, -0.25) is 0 Å². The third-order valence-electron chi connectivity index (χ3n) is 3.93. The van der Waals surface area contributed by atoms with Crippen LogP contribution in [0.25, 0.3) is 11.0 Å². The molecule has 18 heavy (non-hydrogen) atoms. The lowest BCUT2D eigenvalue weighted by Crippen LogP contribution is -2.38. The molecule has 0 unspecified atom stereocenters. The maximum Gasteiger partial charge on any atom is 0.130 e. The van der Waals surface area contributed by atoms with Crippen LogP contribution in [-0.2, 0) is 12.1 Å². The van der Waals surface area contributed by atoms with Gasteiger partial charge in [-0.1, -0.05) is 19.9 Å². The van der Waals surface area contributed by atoms with Gasteiger partial charge in [-0.15, -0.1) is 0 Å². The summed E-state index contributed by atoms with van der Waals surface area (Å²) < 4.78 is 2.25. The van der Waals surface area contributed by atoms with Gasteiger partial charge in [-0.25, -0.2) is 4.98 Å². The number of hydrogen-bond donors (Lipinski definition) is 1. The van der Waals surface area contributed by atoms with E-state index < -0.39 is 0 Å². The van der Waals surface area contributed by atoms with E-state index in [1.54, 1.807) is 0 Å². The molecule has 0 saturated heterocycles. The molecule has 1 aromatic carbocycles. The highest BCUT2D eigenvalue weighted by Gasteiger charge is 2.29. The number of rotatable bonds is 4. The molecule has 0 bridgehead atoms. The van der Waals surface area contributed by atoms with E-state index in [0.717, 1.165) is 30.7 Å². The second-order valence-electron chi connectivity index (χ2n) is 5.04. The van der Waals surface area contributed by atoms with Gasteiger partial charge in [0.25, 0.3) is 0 Å². The Morgan fingerprint density at radius 1 is 1.22 bits per heavy atom. The number of aryl methyl sites for hydroxylation is 2. The summed E-state index contributed by atoms with van der Waals surface area (Å²) in [5.74, 6) is 1.02. The van der Waals surface area contributed by atoms with E-state index in [1.807, 2.05) is 0 Å². The molecule has 2 rings (SSSR count). The normalized spacial score (nSPS) is 12.3. The molecule has 3 heteroatoms. The number of hydrogen-bond acceptors (Lipinski definition) is 2. The van der Waals surface area contributed by atoms with E-state index in [4.69, 9.17) is 10.7 Å². The summed E-state index contributed by atoms with van der Waals surface area (Å²) in [6.07, 6.45) is 1.82. The second kappa shape index (κ2) is 4.73. The van der Waals surface area contributed by atoms with Crippen molar-refractivity contribution in [1.82, 2.24) is 9.55 Å². The number of aromatic nitrogens is 2. The Morgan fingerprint density at radius 3 is 2.44 bits per heavy atom. The fourth-order valence-corrected chi connectivity index (χ4v) is 2.51. The summed E-state index contributed by atoms with van der Waals surface area (Å²) in [5, 5.41) is 0. The van der Waals surface area contributed by atoms with Gasteiger partial charge >= 0.3 is 0 Å². The van der Waals surface area contributed by atoms with Crippen molar-refractivity contribution < 1.29 is 0 Å². The van der Waals surface area contributed by atoms with Crippen LogP contribution >= 0.6 is 0 Å². The SMILES string of the molecule is CCn1c(C(N)(CC)CC)nc2cc(C)ccc21. The molecule has 0 fully saturated rings. The number of imidazole rings is 1. The lowest BCUT2D eigenvalue weighted by Gasteiger charge is -2.26.